The van der Waals surface area contributed by atoms with E-state index < -0.39 is 0 Å². The summed E-state index contributed by atoms with van der Waals surface area (Å²) in [6.45, 7) is 3.73. The van der Waals surface area contributed by atoms with Gasteiger partial charge in [0.05, 0.1) is 5.92 Å². The van der Waals surface area contributed by atoms with Crippen LogP contribution in [0.2, 0.25) is 0 Å². The molecule has 0 heterocycles. The molecule has 0 aliphatic carbocycles. The van der Waals surface area contributed by atoms with Crippen molar-refractivity contribution in [3.63, 3.8) is 0 Å². The van der Waals surface area contributed by atoms with Crippen molar-refractivity contribution in [2.75, 3.05) is 5.32 Å². The summed E-state index contributed by atoms with van der Waals surface area (Å²) in [5.41, 5.74) is 2.57. The molecule has 0 saturated heterocycles. The van der Waals surface area contributed by atoms with Crippen molar-refractivity contribution in [2.45, 2.75) is 20.3 Å². The van der Waals surface area contributed by atoms with E-state index in [1.54, 1.807) is 60.7 Å². The van der Waals surface area contributed by atoms with E-state index in [2.05, 4.69) is 17.2 Å². The second-order valence-electron chi connectivity index (χ2n) is 7.04. The predicted octanol–water partition coefficient (Wildman–Crippen LogP) is 5.43. The van der Waals surface area contributed by atoms with Crippen molar-refractivity contribution in [1.29, 1.82) is 0 Å². The molecule has 0 saturated carbocycles. The Morgan fingerprint density at radius 1 is 0.903 bits per heavy atom. The van der Waals surface area contributed by atoms with Crippen LogP contribution in [0.1, 0.15) is 41.8 Å². The van der Waals surface area contributed by atoms with E-state index >= 15 is 0 Å². The Morgan fingerprint density at radius 3 is 2.00 bits per heavy atom. The monoisotopic (exact) mass is 415 g/mol. The maximum absolute atomic E-state index is 12.9. The lowest BCUT2D eigenvalue weighted by molar-refractivity contribution is -0.138. The number of esters is 1. The predicted molar refractivity (Wildman–Crippen MR) is 118 cm³/mol. The van der Waals surface area contributed by atoms with Crippen LogP contribution in [-0.4, -0.2) is 11.9 Å². The Bertz CT molecular complexity index is 1110. The largest absolute Gasteiger partial charge is 0.426 e. The number of amides is 1. The van der Waals surface area contributed by atoms with Crippen LogP contribution >= 0.6 is 0 Å². The molecule has 3 aromatic carbocycles. The van der Waals surface area contributed by atoms with E-state index in [9.17, 15) is 14.0 Å². The lowest BCUT2D eigenvalue weighted by atomic mass is 10.1. The van der Waals surface area contributed by atoms with Gasteiger partial charge in [-0.3, -0.25) is 9.59 Å². The van der Waals surface area contributed by atoms with Crippen molar-refractivity contribution in [1.82, 2.24) is 0 Å². The molecule has 0 spiro atoms. The summed E-state index contributed by atoms with van der Waals surface area (Å²) < 4.78 is 18.2. The summed E-state index contributed by atoms with van der Waals surface area (Å²) in [4.78, 5) is 24.3. The van der Waals surface area contributed by atoms with Crippen LogP contribution in [0.4, 0.5) is 10.1 Å². The Morgan fingerprint density at radius 2 is 1.45 bits per heavy atom. The van der Waals surface area contributed by atoms with Crippen molar-refractivity contribution >= 4 is 17.6 Å². The molecule has 1 atom stereocenters. The molecule has 31 heavy (non-hydrogen) atoms. The molecule has 3 aromatic rings. The lowest BCUT2D eigenvalue weighted by Gasteiger charge is -2.09. The molecule has 0 aliphatic rings. The zero-order chi connectivity index (χ0) is 22.2. The maximum atomic E-state index is 12.9. The van der Waals surface area contributed by atoms with Crippen LogP contribution in [0, 0.1) is 23.6 Å². The molecule has 156 valence electrons. The van der Waals surface area contributed by atoms with Gasteiger partial charge in [0.2, 0.25) is 0 Å². The van der Waals surface area contributed by atoms with Gasteiger partial charge in [0.1, 0.15) is 11.6 Å². The van der Waals surface area contributed by atoms with Gasteiger partial charge in [-0.25, -0.2) is 4.39 Å². The smallest absolute Gasteiger partial charge is 0.314 e. The van der Waals surface area contributed by atoms with Gasteiger partial charge in [0.25, 0.3) is 5.91 Å². The van der Waals surface area contributed by atoms with Gasteiger partial charge >= 0.3 is 5.97 Å². The first kappa shape index (κ1) is 21.8. The minimum absolute atomic E-state index is 0.175. The van der Waals surface area contributed by atoms with Gasteiger partial charge in [-0.05, 0) is 79.2 Å². The third kappa shape index (κ3) is 6.28. The molecule has 0 bridgehead atoms. The summed E-state index contributed by atoms with van der Waals surface area (Å²) in [7, 11) is 0. The minimum Gasteiger partial charge on any atom is -0.426 e. The molecule has 1 amide bonds. The molecule has 1 N–H and O–H groups in total. The molecule has 0 aromatic heterocycles. The van der Waals surface area contributed by atoms with Crippen molar-refractivity contribution in [2.24, 2.45) is 5.92 Å². The molecule has 5 heteroatoms. The van der Waals surface area contributed by atoms with Gasteiger partial charge < -0.3 is 10.1 Å². The Kier molecular flexibility index (Phi) is 7.18. The van der Waals surface area contributed by atoms with Crippen molar-refractivity contribution in [3.05, 3.63) is 95.3 Å². The van der Waals surface area contributed by atoms with Crippen molar-refractivity contribution in [3.8, 4) is 17.6 Å². The Balaban J connectivity index is 1.59. The van der Waals surface area contributed by atoms with E-state index in [-0.39, 0.29) is 23.6 Å². The highest BCUT2D eigenvalue weighted by Gasteiger charge is 2.13. The highest BCUT2D eigenvalue weighted by molar-refractivity contribution is 6.04. The first-order valence-electron chi connectivity index (χ1n) is 9.95. The van der Waals surface area contributed by atoms with Crippen LogP contribution in [0.15, 0.2) is 72.8 Å². The van der Waals surface area contributed by atoms with Crippen LogP contribution in [0.25, 0.3) is 0 Å². The number of nitrogens with one attached hydrogen (secondary N) is 1. The number of rotatable bonds is 5. The fraction of sp³-hybridized carbons (Fsp3) is 0.154. The number of hydrogen-bond acceptors (Lipinski definition) is 3. The molecule has 0 radical (unpaired) electrons. The fourth-order valence-electron chi connectivity index (χ4n) is 2.58. The number of benzene rings is 3. The number of carbonyl (C=O) groups is 2. The highest BCUT2D eigenvalue weighted by Crippen LogP contribution is 2.17. The standard InChI is InChI=1S/C26H22FNO3/c1-3-18(2)26(30)31-24-16-10-21(11-17-24)25(29)28-23-14-8-20(9-15-23)5-4-19-6-12-22(27)13-7-19/h6-18H,3H2,1-2H3,(H,28,29). The number of hydrogen-bond donors (Lipinski definition) is 1. The molecule has 1 unspecified atom stereocenters. The summed E-state index contributed by atoms with van der Waals surface area (Å²) in [5, 5.41) is 2.82. The fourth-order valence-corrected chi connectivity index (χ4v) is 2.58. The minimum atomic E-state index is -0.299. The number of carbonyl (C=O) groups excluding carboxylic acids is 2. The number of halogens is 1. The Hall–Kier alpha value is -3.91. The molecular formula is C26H22FNO3. The third-order valence-corrected chi connectivity index (χ3v) is 4.69. The third-order valence-electron chi connectivity index (χ3n) is 4.69. The average molecular weight is 415 g/mol. The molecular weight excluding hydrogens is 393 g/mol. The summed E-state index contributed by atoms with van der Waals surface area (Å²) in [6.07, 6.45) is 0.704. The summed E-state index contributed by atoms with van der Waals surface area (Å²) >= 11 is 0. The average Bonchev–Trinajstić information content (AvgIpc) is 2.79. The van der Waals surface area contributed by atoms with Crippen LogP contribution in [0.5, 0.6) is 5.75 Å². The highest BCUT2D eigenvalue weighted by atomic mass is 19.1. The van der Waals surface area contributed by atoms with Crippen LogP contribution in [0.3, 0.4) is 0 Å². The van der Waals surface area contributed by atoms with E-state index in [0.29, 0.717) is 23.4 Å². The lowest BCUT2D eigenvalue weighted by Crippen LogP contribution is -2.17. The van der Waals surface area contributed by atoms with Gasteiger partial charge in [-0.15, -0.1) is 0 Å². The van der Waals surface area contributed by atoms with E-state index in [1.165, 1.54) is 12.1 Å². The van der Waals surface area contributed by atoms with Crippen LogP contribution in [-0.2, 0) is 4.79 Å². The molecule has 3 rings (SSSR count). The summed E-state index contributed by atoms with van der Waals surface area (Å²) in [5.74, 6) is 5.34. The quantitative estimate of drug-likeness (QED) is 0.343. The van der Waals surface area contributed by atoms with Gasteiger partial charge in [0.15, 0.2) is 0 Å². The SMILES string of the molecule is CCC(C)C(=O)Oc1ccc(C(=O)Nc2ccc(C#Cc3ccc(F)cc3)cc2)cc1. The second-order valence-corrected chi connectivity index (χ2v) is 7.04. The van der Waals surface area contributed by atoms with Gasteiger partial charge in [0, 0.05) is 22.4 Å². The number of anilines is 1. The topological polar surface area (TPSA) is 55.4 Å². The Labute approximate surface area is 181 Å². The van der Waals surface area contributed by atoms with Crippen molar-refractivity contribution < 1.29 is 18.7 Å². The normalized spacial score (nSPS) is 11.1. The van der Waals surface area contributed by atoms with Gasteiger partial charge in [-0.1, -0.05) is 25.7 Å². The summed E-state index contributed by atoms with van der Waals surface area (Å²) in [6, 6.07) is 19.5. The molecule has 4 nitrogen and oxygen atoms in total. The zero-order valence-electron chi connectivity index (χ0n) is 17.3. The first-order valence-corrected chi connectivity index (χ1v) is 9.95. The molecule has 0 fully saturated rings. The number of ether oxygens (including phenoxy) is 1. The van der Waals surface area contributed by atoms with E-state index in [0.717, 1.165) is 11.1 Å². The van der Waals surface area contributed by atoms with E-state index in [1.807, 2.05) is 13.8 Å². The zero-order valence-corrected chi connectivity index (χ0v) is 17.3. The first-order chi connectivity index (χ1) is 14.9. The maximum Gasteiger partial charge on any atom is 0.314 e. The van der Waals surface area contributed by atoms with Gasteiger partial charge in [-0.2, -0.15) is 0 Å². The second kappa shape index (κ2) is 10.2. The molecule has 0 aliphatic heterocycles. The van der Waals surface area contributed by atoms with E-state index in [4.69, 9.17) is 4.74 Å². The van der Waals surface area contributed by atoms with Crippen LogP contribution < -0.4 is 10.1 Å².